The van der Waals surface area contributed by atoms with E-state index in [4.69, 9.17) is 4.42 Å². The third-order valence-electron chi connectivity index (χ3n) is 1.87. The van der Waals surface area contributed by atoms with Crippen LogP contribution in [0.5, 0.6) is 0 Å². The summed E-state index contributed by atoms with van der Waals surface area (Å²) in [5, 5.41) is 4.43. The zero-order valence-electron chi connectivity index (χ0n) is 8.39. The predicted octanol–water partition coefficient (Wildman–Crippen LogP) is 1.97. The lowest BCUT2D eigenvalue weighted by Gasteiger charge is -2.05. The van der Waals surface area contributed by atoms with Gasteiger partial charge in [-0.3, -0.25) is 0 Å². The summed E-state index contributed by atoms with van der Waals surface area (Å²) in [5.74, 6) is 0.819. The number of hydrogen-bond acceptors (Lipinski definition) is 6. The van der Waals surface area contributed by atoms with Crippen molar-refractivity contribution in [3.8, 4) is 0 Å². The Kier molecular flexibility index (Phi) is 2.86. The number of hydrogen-bond donors (Lipinski definition) is 1. The van der Waals surface area contributed by atoms with Crippen LogP contribution < -0.4 is 5.32 Å². The highest BCUT2D eigenvalue weighted by molar-refractivity contribution is 7.99. The standard InChI is InChI=1S/C9H10N4OS/c1-6-7(10-2)12-5-13-8(6)15-9-11-3-4-14-9/h3-5H,1-2H3,(H,10,12,13). The fourth-order valence-electron chi connectivity index (χ4n) is 1.13. The van der Waals surface area contributed by atoms with E-state index in [1.807, 2.05) is 14.0 Å². The van der Waals surface area contributed by atoms with E-state index in [1.165, 1.54) is 24.4 Å². The van der Waals surface area contributed by atoms with Crippen LogP contribution in [0.25, 0.3) is 0 Å². The largest absolute Gasteiger partial charge is 0.440 e. The van der Waals surface area contributed by atoms with Crippen LogP contribution in [0.15, 0.2) is 33.5 Å². The summed E-state index contributed by atoms with van der Waals surface area (Å²) in [5.41, 5.74) is 0.989. The smallest absolute Gasteiger partial charge is 0.261 e. The zero-order valence-corrected chi connectivity index (χ0v) is 9.21. The first-order valence-electron chi connectivity index (χ1n) is 4.38. The molecule has 0 radical (unpaired) electrons. The van der Waals surface area contributed by atoms with Crippen LogP contribution in [0.2, 0.25) is 0 Å². The van der Waals surface area contributed by atoms with Crippen molar-refractivity contribution in [2.45, 2.75) is 17.2 Å². The van der Waals surface area contributed by atoms with Gasteiger partial charge in [0.05, 0.1) is 6.20 Å². The van der Waals surface area contributed by atoms with Crippen molar-refractivity contribution in [1.29, 1.82) is 0 Å². The number of nitrogens with one attached hydrogen (secondary N) is 1. The van der Waals surface area contributed by atoms with Crippen LogP contribution >= 0.6 is 11.8 Å². The molecule has 2 rings (SSSR count). The van der Waals surface area contributed by atoms with E-state index in [9.17, 15) is 0 Å². The van der Waals surface area contributed by atoms with Crippen LogP contribution in [-0.2, 0) is 0 Å². The Morgan fingerprint density at radius 3 is 2.87 bits per heavy atom. The fraction of sp³-hybridized carbons (Fsp3) is 0.222. The van der Waals surface area contributed by atoms with Gasteiger partial charge in [-0.05, 0) is 18.7 Å². The number of nitrogens with zero attached hydrogens (tertiary/aromatic N) is 3. The maximum atomic E-state index is 5.14. The van der Waals surface area contributed by atoms with Gasteiger partial charge >= 0.3 is 0 Å². The summed E-state index contributed by atoms with van der Waals surface area (Å²) < 4.78 is 5.14. The normalized spacial score (nSPS) is 10.3. The molecule has 2 aromatic rings. The summed E-state index contributed by atoms with van der Waals surface area (Å²) in [7, 11) is 1.83. The van der Waals surface area contributed by atoms with Crippen LogP contribution in [-0.4, -0.2) is 22.0 Å². The summed E-state index contributed by atoms with van der Waals surface area (Å²) in [4.78, 5) is 12.3. The van der Waals surface area contributed by atoms with Crippen LogP contribution in [0.1, 0.15) is 5.56 Å². The Bertz CT molecular complexity index is 443. The van der Waals surface area contributed by atoms with Gasteiger partial charge in [0, 0.05) is 12.6 Å². The van der Waals surface area contributed by atoms with Crippen molar-refractivity contribution in [2.75, 3.05) is 12.4 Å². The maximum Gasteiger partial charge on any atom is 0.261 e. The van der Waals surface area contributed by atoms with Crippen molar-refractivity contribution in [3.63, 3.8) is 0 Å². The van der Waals surface area contributed by atoms with E-state index in [1.54, 1.807) is 6.20 Å². The molecule has 0 aliphatic carbocycles. The first-order chi connectivity index (χ1) is 7.31. The minimum absolute atomic E-state index is 0.582. The number of anilines is 1. The Balaban J connectivity index is 2.29. The lowest BCUT2D eigenvalue weighted by atomic mass is 10.3. The molecule has 0 saturated carbocycles. The zero-order chi connectivity index (χ0) is 10.7. The van der Waals surface area contributed by atoms with Crippen molar-refractivity contribution < 1.29 is 4.42 Å². The molecule has 1 N–H and O–H groups in total. The van der Waals surface area contributed by atoms with E-state index >= 15 is 0 Å². The van der Waals surface area contributed by atoms with Gasteiger partial charge in [-0.2, -0.15) is 0 Å². The molecule has 15 heavy (non-hydrogen) atoms. The van der Waals surface area contributed by atoms with Crippen LogP contribution in [0.3, 0.4) is 0 Å². The first kappa shape index (κ1) is 9.97. The summed E-state index contributed by atoms with van der Waals surface area (Å²) in [6, 6.07) is 0. The summed E-state index contributed by atoms with van der Waals surface area (Å²) >= 11 is 1.38. The molecule has 0 saturated heterocycles. The van der Waals surface area contributed by atoms with E-state index in [-0.39, 0.29) is 0 Å². The monoisotopic (exact) mass is 222 g/mol. The van der Waals surface area contributed by atoms with Gasteiger partial charge in [0.1, 0.15) is 23.4 Å². The molecule has 2 heterocycles. The Labute approximate surface area is 91.3 Å². The Hall–Kier alpha value is -1.56. The van der Waals surface area contributed by atoms with Gasteiger partial charge in [0.2, 0.25) is 0 Å². The lowest BCUT2D eigenvalue weighted by Crippen LogP contribution is -1.98. The molecule has 2 aromatic heterocycles. The molecule has 0 aromatic carbocycles. The molecule has 0 aliphatic heterocycles. The van der Waals surface area contributed by atoms with E-state index in [0.29, 0.717) is 5.22 Å². The van der Waals surface area contributed by atoms with Gasteiger partial charge < -0.3 is 9.73 Å². The molecule has 0 spiro atoms. The molecule has 0 bridgehead atoms. The Morgan fingerprint density at radius 2 is 2.20 bits per heavy atom. The lowest BCUT2D eigenvalue weighted by molar-refractivity contribution is 0.454. The molecule has 6 heteroatoms. The van der Waals surface area contributed by atoms with Gasteiger partial charge in [0.15, 0.2) is 0 Å². The third kappa shape index (κ3) is 2.10. The summed E-state index contributed by atoms with van der Waals surface area (Å²) in [6.45, 7) is 1.96. The molecule has 5 nitrogen and oxygen atoms in total. The molecule has 0 atom stereocenters. The third-order valence-corrected chi connectivity index (χ3v) is 2.85. The highest BCUT2D eigenvalue weighted by atomic mass is 32.2. The second-order valence-corrected chi connectivity index (χ2v) is 3.74. The average molecular weight is 222 g/mol. The van der Waals surface area contributed by atoms with Gasteiger partial charge in [0.25, 0.3) is 5.22 Å². The van der Waals surface area contributed by atoms with Crippen molar-refractivity contribution >= 4 is 17.6 Å². The van der Waals surface area contributed by atoms with Crippen LogP contribution in [0, 0.1) is 6.92 Å². The maximum absolute atomic E-state index is 5.14. The molecule has 0 unspecified atom stereocenters. The molecular weight excluding hydrogens is 212 g/mol. The van der Waals surface area contributed by atoms with Crippen molar-refractivity contribution in [2.24, 2.45) is 0 Å². The predicted molar refractivity (Wildman–Crippen MR) is 56.9 cm³/mol. The van der Waals surface area contributed by atoms with Crippen molar-refractivity contribution in [3.05, 3.63) is 24.4 Å². The second-order valence-electron chi connectivity index (χ2n) is 2.80. The Morgan fingerprint density at radius 1 is 1.33 bits per heavy atom. The first-order valence-corrected chi connectivity index (χ1v) is 5.19. The SMILES string of the molecule is CNc1ncnc(Sc2ncco2)c1C. The van der Waals surface area contributed by atoms with Gasteiger partial charge in [-0.1, -0.05) is 0 Å². The fourth-order valence-corrected chi connectivity index (χ4v) is 1.86. The van der Waals surface area contributed by atoms with Crippen LogP contribution in [0.4, 0.5) is 5.82 Å². The minimum Gasteiger partial charge on any atom is -0.440 e. The van der Waals surface area contributed by atoms with Gasteiger partial charge in [-0.25, -0.2) is 15.0 Å². The highest BCUT2D eigenvalue weighted by Gasteiger charge is 2.09. The van der Waals surface area contributed by atoms with E-state index in [2.05, 4.69) is 20.3 Å². The minimum atomic E-state index is 0.582. The number of aromatic nitrogens is 3. The van der Waals surface area contributed by atoms with E-state index in [0.717, 1.165) is 16.4 Å². The number of rotatable bonds is 3. The summed E-state index contributed by atoms with van der Waals surface area (Å²) in [6.07, 6.45) is 4.67. The average Bonchev–Trinajstić information content (AvgIpc) is 2.74. The molecule has 78 valence electrons. The topological polar surface area (TPSA) is 63.8 Å². The van der Waals surface area contributed by atoms with Crippen molar-refractivity contribution in [1.82, 2.24) is 15.0 Å². The van der Waals surface area contributed by atoms with Gasteiger partial charge in [-0.15, -0.1) is 0 Å². The molecule has 0 aliphatic rings. The molecular formula is C9H10N4OS. The number of oxazole rings is 1. The molecule has 0 amide bonds. The highest BCUT2D eigenvalue weighted by Crippen LogP contribution is 2.28. The second kappa shape index (κ2) is 4.31. The van der Waals surface area contributed by atoms with E-state index < -0.39 is 0 Å². The quantitative estimate of drug-likeness (QED) is 0.801. The molecule has 0 fully saturated rings.